The zero-order valence-electron chi connectivity index (χ0n) is 13.2. The van der Waals surface area contributed by atoms with Crippen molar-refractivity contribution in [1.82, 2.24) is 0 Å². The summed E-state index contributed by atoms with van der Waals surface area (Å²) in [4.78, 5) is 0. The Kier molecular flexibility index (Phi) is 7.58. The first kappa shape index (κ1) is 17.1. The summed E-state index contributed by atoms with van der Waals surface area (Å²) < 4.78 is 12.2. The van der Waals surface area contributed by atoms with Crippen molar-refractivity contribution in [3.05, 3.63) is 0 Å². The lowest BCUT2D eigenvalue weighted by atomic mass is 10.1. The second-order valence-corrected chi connectivity index (χ2v) is 10.4. The molecule has 0 aromatic heterocycles. The van der Waals surface area contributed by atoms with Crippen LogP contribution in [0.2, 0.25) is 18.1 Å². The molecule has 0 saturated carbocycles. The molecule has 3 atom stereocenters. The van der Waals surface area contributed by atoms with Crippen LogP contribution in [0.15, 0.2) is 0 Å². The molecule has 1 fully saturated rings. The molecule has 0 spiro atoms. The lowest BCUT2D eigenvalue weighted by Gasteiger charge is -2.33. The zero-order valence-corrected chi connectivity index (χ0v) is 14.2. The number of epoxide rings is 1. The Bertz CT molecular complexity index is 235. The molecule has 0 bridgehead atoms. The van der Waals surface area contributed by atoms with E-state index in [1.807, 2.05) is 0 Å². The molecule has 1 rings (SSSR count). The van der Waals surface area contributed by atoms with E-state index in [1.165, 1.54) is 37.4 Å². The minimum absolute atomic E-state index is 0.0314. The van der Waals surface area contributed by atoms with Gasteiger partial charge in [-0.25, -0.2) is 0 Å². The monoisotopic (exact) mass is 288 g/mol. The molecule has 1 N–H and O–H groups in total. The summed E-state index contributed by atoms with van der Waals surface area (Å²) in [6.45, 7) is 9.15. The van der Waals surface area contributed by atoms with E-state index in [9.17, 15) is 5.11 Å². The molecule has 3 nitrogen and oxygen atoms in total. The van der Waals surface area contributed by atoms with E-state index in [0.29, 0.717) is 0 Å². The fourth-order valence-corrected chi connectivity index (χ4v) is 5.73. The molecular formula is C15H32O3Si. The molecule has 1 aliphatic heterocycles. The summed E-state index contributed by atoms with van der Waals surface area (Å²) in [5, 5.41) is 9.20. The number of aliphatic hydroxyl groups is 1. The summed E-state index contributed by atoms with van der Waals surface area (Å²) in [7, 11) is -1.57. The summed E-state index contributed by atoms with van der Waals surface area (Å²) in [6, 6.07) is 3.54. The quantitative estimate of drug-likeness (QED) is 0.358. The van der Waals surface area contributed by atoms with Gasteiger partial charge in [-0.3, -0.25) is 0 Å². The van der Waals surface area contributed by atoms with Gasteiger partial charge in [-0.1, -0.05) is 47.0 Å². The fourth-order valence-electron chi connectivity index (χ4n) is 2.84. The van der Waals surface area contributed by atoms with Gasteiger partial charge >= 0.3 is 0 Å². The Morgan fingerprint density at radius 3 is 2.16 bits per heavy atom. The van der Waals surface area contributed by atoms with Gasteiger partial charge in [-0.15, -0.1) is 0 Å². The lowest BCUT2D eigenvalue weighted by molar-refractivity contribution is 0.135. The van der Waals surface area contributed by atoms with Gasteiger partial charge in [0.25, 0.3) is 0 Å². The highest BCUT2D eigenvalue weighted by Gasteiger charge is 2.47. The minimum Gasteiger partial charge on any atom is -0.411 e. The minimum atomic E-state index is -1.57. The lowest BCUT2D eigenvalue weighted by Crippen LogP contribution is -2.42. The van der Waals surface area contributed by atoms with Gasteiger partial charge < -0.3 is 14.3 Å². The summed E-state index contributed by atoms with van der Waals surface area (Å²) in [5.41, 5.74) is 0. The standard InChI is InChI=1S/C15H32O3Si/c1-5-9-10-11-13(15-14(12-16)17-15)18-19(6-2,7-3)8-4/h13-16H,5-12H2,1-4H3/t13-,14+,15+/m0/s1. The maximum Gasteiger partial charge on any atom is 0.192 e. The van der Waals surface area contributed by atoms with Crippen molar-refractivity contribution in [1.29, 1.82) is 0 Å². The van der Waals surface area contributed by atoms with Crippen LogP contribution in [0.4, 0.5) is 0 Å². The zero-order chi connectivity index (χ0) is 14.3. The van der Waals surface area contributed by atoms with Crippen LogP contribution in [0.1, 0.15) is 53.4 Å². The third-order valence-electron chi connectivity index (χ3n) is 4.59. The normalized spacial score (nSPS) is 24.5. The maximum absolute atomic E-state index is 9.20. The van der Waals surface area contributed by atoms with Crippen LogP contribution in [-0.4, -0.2) is 38.3 Å². The van der Waals surface area contributed by atoms with Crippen LogP contribution in [0.3, 0.4) is 0 Å². The number of ether oxygens (including phenoxy) is 1. The van der Waals surface area contributed by atoms with Crippen molar-refractivity contribution in [3.8, 4) is 0 Å². The first-order valence-electron chi connectivity index (χ1n) is 8.10. The van der Waals surface area contributed by atoms with E-state index in [0.717, 1.165) is 6.42 Å². The van der Waals surface area contributed by atoms with Crippen LogP contribution in [0, 0.1) is 0 Å². The average molecular weight is 289 g/mol. The molecule has 1 saturated heterocycles. The predicted octanol–water partition coefficient (Wildman–Crippen LogP) is 3.72. The third kappa shape index (κ3) is 4.85. The van der Waals surface area contributed by atoms with Crippen LogP contribution < -0.4 is 0 Å². The average Bonchev–Trinajstić information content (AvgIpc) is 3.23. The van der Waals surface area contributed by atoms with Gasteiger partial charge in [-0.2, -0.15) is 0 Å². The van der Waals surface area contributed by atoms with Crippen molar-refractivity contribution in [3.63, 3.8) is 0 Å². The summed E-state index contributed by atoms with van der Waals surface area (Å²) >= 11 is 0. The second kappa shape index (κ2) is 8.40. The van der Waals surface area contributed by atoms with Crippen LogP contribution >= 0.6 is 0 Å². The van der Waals surface area contributed by atoms with Gasteiger partial charge in [0, 0.05) is 0 Å². The van der Waals surface area contributed by atoms with E-state index < -0.39 is 8.32 Å². The molecule has 1 aliphatic rings. The SMILES string of the molecule is CCCCC[C@H](O[Si](CC)(CC)CC)[C@H]1O[C@@H]1CO. The molecule has 1 heterocycles. The Hall–Kier alpha value is 0.0969. The van der Waals surface area contributed by atoms with Crippen molar-refractivity contribution in [2.24, 2.45) is 0 Å². The van der Waals surface area contributed by atoms with Crippen molar-refractivity contribution in [2.75, 3.05) is 6.61 Å². The van der Waals surface area contributed by atoms with Gasteiger partial charge in [0.15, 0.2) is 8.32 Å². The Balaban J connectivity index is 2.57. The Morgan fingerprint density at radius 2 is 1.74 bits per heavy atom. The molecule has 0 amide bonds. The molecule has 0 unspecified atom stereocenters. The van der Waals surface area contributed by atoms with Gasteiger partial charge in [0.1, 0.15) is 12.2 Å². The first-order chi connectivity index (χ1) is 9.16. The van der Waals surface area contributed by atoms with E-state index >= 15 is 0 Å². The second-order valence-electron chi connectivity index (χ2n) is 5.72. The van der Waals surface area contributed by atoms with Crippen LogP contribution in [0.5, 0.6) is 0 Å². The largest absolute Gasteiger partial charge is 0.411 e. The van der Waals surface area contributed by atoms with Crippen molar-refractivity contribution < 1.29 is 14.3 Å². The van der Waals surface area contributed by atoms with Crippen molar-refractivity contribution in [2.45, 2.75) is 89.8 Å². The smallest absolute Gasteiger partial charge is 0.192 e. The first-order valence-corrected chi connectivity index (χ1v) is 10.6. The Morgan fingerprint density at radius 1 is 1.11 bits per heavy atom. The van der Waals surface area contributed by atoms with Gasteiger partial charge in [0.2, 0.25) is 0 Å². The molecule has 0 aliphatic carbocycles. The Labute approximate surface area is 119 Å². The fraction of sp³-hybridized carbons (Fsp3) is 1.00. The molecule has 0 radical (unpaired) electrons. The highest BCUT2D eigenvalue weighted by atomic mass is 28.4. The van der Waals surface area contributed by atoms with E-state index in [-0.39, 0.29) is 24.9 Å². The summed E-state index contributed by atoms with van der Waals surface area (Å²) in [6.07, 6.45) is 5.19. The number of hydrogen-bond donors (Lipinski definition) is 1. The molecular weight excluding hydrogens is 256 g/mol. The number of unbranched alkanes of at least 4 members (excludes halogenated alkanes) is 2. The predicted molar refractivity (Wildman–Crippen MR) is 82.0 cm³/mol. The van der Waals surface area contributed by atoms with E-state index in [4.69, 9.17) is 9.16 Å². The third-order valence-corrected chi connectivity index (χ3v) is 9.26. The highest BCUT2D eigenvalue weighted by Crippen LogP contribution is 2.34. The molecule has 0 aromatic rings. The summed E-state index contributed by atoms with van der Waals surface area (Å²) in [5.74, 6) is 0. The van der Waals surface area contributed by atoms with E-state index in [2.05, 4.69) is 27.7 Å². The van der Waals surface area contributed by atoms with Crippen LogP contribution in [0.25, 0.3) is 0 Å². The molecule has 19 heavy (non-hydrogen) atoms. The van der Waals surface area contributed by atoms with Gasteiger partial charge in [-0.05, 0) is 24.6 Å². The number of rotatable bonds is 11. The van der Waals surface area contributed by atoms with Gasteiger partial charge in [0.05, 0.1) is 12.7 Å². The topological polar surface area (TPSA) is 42.0 Å². The molecule has 0 aromatic carbocycles. The van der Waals surface area contributed by atoms with Crippen molar-refractivity contribution >= 4 is 8.32 Å². The van der Waals surface area contributed by atoms with E-state index in [1.54, 1.807) is 0 Å². The molecule has 4 heteroatoms. The maximum atomic E-state index is 9.20. The van der Waals surface area contributed by atoms with Crippen LogP contribution in [-0.2, 0) is 9.16 Å². The molecule has 114 valence electrons. The highest BCUT2D eigenvalue weighted by molar-refractivity contribution is 6.73. The number of hydrogen-bond acceptors (Lipinski definition) is 3. The number of aliphatic hydroxyl groups excluding tert-OH is 1.